The monoisotopic (exact) mass is 289 g/mol. The van der Waals surface area contributed by atoms with Crippen LogP contribution in [-0.2, 0) is 0 Å². The molecule has 1 N–H and O–H groups in total. The van der Waals surface area contributed by atoms with Gasteiger partial charge in [-0.1, -0.05) is 0 Å². The molecule has 0 aliphatic heterocycles. The van der Waals surface area contributed by atoms with Crippen molar-refractivity contribution in [2.24, 2.45) is 0 Å². The third-order valence-electron chi connectivity index (χ3n) is 3.33. The number of nitrogens with one attached hydrogen (secondary N) is 1. The summed E-state index contributed by atoms with van der Waals surface area (Å²) in [6, 6.07) is 3.12. The first-order valence-corrected chi connectivity index (χ1v) is 6.23. The highest BCUT2D eigenvalue weighted by atomic mass is 79.9. The third-order valence-corrected chi connectivity index (χ3v) is 3.94. The molecule has 0 heterocycles. The van der Waals surface area contributed by atoms with Gasteiger partial charge in [-0.15, -0.1) is 0 Å². The summed E-state index contributed by atoms with van der Waals surface area (Å²) in [6.07, 6.45) is 2.63. The summed E-state index contributed by atoms with van der Waals surface area (Å²) >= 11 is 3.10. The van der Waals surface area contributed by atoms with Crippen molar-refractivity contribution in [3.05, 3.63) is 33.8 Å². The van der Waals surface area contributed by atoms with Crippen molar-refractivity contribution in [3.8, 4) is 0 Å². The molecule has 1 aliphatic rings. The van der Waals surface area contributed by atoms with E-state index < -0.39 is 11.6 Å². The molecule has 2 atom stereocenters. The van der Waals surface area contributed by atoms with Crippen molar-refractivity contribution < 1.29 is 8.78 Å². The van der Waals surface area contributed by atoms with E-state index in [1.54, 1.807) is 0 Å². The highest BCUT2D eigenvalue weighted by Crippen LogP contribution is 2.38. The fourth-order valence-corrected chi connectivity index (χ4v) is 2.77. The summed E-state index contributed by atoms with van der Waals surface area (Å²) in [7, 11) is 1.89. The van der Waals surface area contributed by atoms with E-state index in [0.29, 0.717) is 10.5 Å². The summed E-state index contributed by atoms with van der Waals surface area (Å²) in [5, 5.41) is 3.16. The summed E-state index contributed by atoms with van der Waals surface area (Å²) < 4.78 is 27.8. The molecule has 16 heavy (non-hydrogen) atoms. The lowest BCUT2D eigenvalue weighted by molar-refractivity contribution is 0.511. The van der Waals surface area contributed by atoms with E-state index in [1.807, 2.05) is 7.05 Å². The van der Waals surface area contributed by atoms with Gasteiger partial charge in [0.15, 0.2) is 0 Å². The molecule has 88 valence electrons. The van der Waals surface area contributed by atoms with Gasteiger partial charge >= 0.3 is 0 Å². The van der Waals surface area contributed by atoms with Crippen molar-refractivity contribution >= 4 is 15.9 Å². The fraction of sp³-hybridized carbons (Fsp3) is 0.500. The van der Waals surface area contributed by atoms with Gasteiger partial charge in [-0.3, -0.25) is 0 Å². The molecule has 0 aromatic heterocycles. The predicted molar refractivity (Wildman–Crippen MR) is 63.5 cm³/mol. The first kappa shape index (κ1) is 12.0. The molecule has 4 heteroatoms. The van der Waals surface area contributed by atoms with Crippen LogP contribution < -0.4 is 5.32 Å². The van der Waals surface area contributed by atoms with E-state index in [2.05, 4.69) is 21.2 Å². The van der Waals surface area contributed by atoms with Crippen molar-refractivity contribution in [1.82, 2.24) is 5.32 Å². The fourth-order valence-electron chi connectivity index (χ4n) is 2.42. The van der Waals surface area contributed by atoms with Gasteiger partial charge < -0.3 is 5.32 Å². The van der Waals surface area contributed by atoms with E-state index in [9.17, 15) is 8.78 Å². The molecule has 0 amide bonds. The van der Waals surface area contributed by atoms with Crippen molar-refractivity contribution in [2.75, 3.05) is 7.05 Å². The molecule has 1 aliphatic carbocycles. The summed E-state index contributed by atoms with van der Waals surface area (Å²) in [5.41, 5.74) is 0.243. The van der Waals surface area contributed by atoms with Gasteiger partial charge in [-0.05, 0) is 60.3 Å². The van der Waals surface area contributed by atoms with Gasteiger partial charge in [0.1, 0.15) is 11.6 Å². The van der Waals surface area contributed by atoms with Crippen LogP contribution in [0.4, 0.5) is 8.78 Å². The molecule has 1 saturated carbocycles. The van der Waals surface area contributed by atoms with Gasteiger partial charge in [-0.2, -0.15) is 0 Å². The average molecular weight is 290 g/mol. The Morgan fingerprint density at radius 3 is 2.69 bits per heavy atom. The molecular formula is C12H14BrF2N. The third kappa shape index (κ3) is 2.13. The molecule has 0 saturated heterocycles. The van der Waals surface area contributed by atoms with Crippen LogP contribution in [0.1, 0.15) is 30.7 Å². The second kappa shape index (κ2) is 4.80. The maximum Gasteiger partial charge on any atom is 0.143 e. The van der Waals surface area contributed by atoms with Gasteiger partial charge in [0.25, 0.3) is 0 Å². The van der Waals surface area contributed by atoms with Crippen LogP contribution in [0.15, 0.2) is 16.6 Å². The Morgan fingerprint density at radius 2 is 2.06 bits per heavy atom. The Morgan fingerprint density at radius 1 is 1.31 bits per heavy atom. The standard InChI is InChI=1S/C12H14BrF2N/c1-16-8-3-2-7(6-8)11-10(14)5-4-9(13)12(11)15/h4-5,7-8,16H,2-3,6H2,1H3. The Bertz CT molecular complexity index is 395. The van der Waals surface area contributed by atoms with Crippen molar-refractivity contribution in [2.45, 2.75) is 31.2 Å². The summed E-state index contributed by atoms with van der Waals surface area (Å²) in [6.45, 7) is 0. The summed E-state index contributed by atoms with van der Waals surface area (Å²) in [5.74, 6) is -0.876. The minimum atomic E-state index is -0.443. The van der Waals surface area contributed by atoms with Crippen LogP contribution in [0.3, 0.4) is 0 Å². The molecule has 0 bridgehead atoms. The van der Waals surface area contributed by atoms with Crippen LogP contribution in [-0.4, -0.2) is 13.1 Å². The van der Waals surface area contributed by atoms with Gasteiger partial charge in [-0.25, -0.2) is 8.78 Å². The molecule has 1 aromatic rings. The number of hydrogen-bond donors (Lipinski definition) is 1. The van der Waals surface area contributed by atoms with Crippen molar-refractivity contribution in [3.63, 3.8) is 0 Å². The zero-order chi connectivity index (χ0) is 11.7. The predicted octanol–water partition coefficient (Wildman–Crippen LogP) is 3.58. The van der Waals surface area contributed by atoms with E-state index in [1.165, 1.54) is 12.1 Å². The smallest absolute Gasteiger partial charge is 0.143 e. The van der Waals surface area contributed by atoms with E-state index in [4.69, 9.17) is 0 Å². The van der Waals surface area contributed by atoms with Crippen LogP contribution in [0.25, 0.3) is 0 Å². The highest BCUT2D eigenvalue weighted by molar-refractivity contribution is 9.10. The lowest BCUT2D eigenvalue weighted by Gasteiger charge is -2.14. The summed E-state index contributed by atoms with van der Waals surface area (Å²) in [4.78, 5) is 0. The van der Waals surface area contributed by atoms with E-state index >= 15 is 0 Å². The molecule has 0 spiro atoms. The van der Waals surface area contributed by atoms with Crippen LogP contribution in [0.5, 0.6) is 0 Å². The minimum absolute atomic E-state index is 0.00468. The van der Waals surface area contributed by atoms with Crippen LogP contribution in [0.2, 0.25) is 0 Å². The zero-order valence-corrected chi connectivity index (χ0v) is 10.7. The second-order valence-electron chi connectivity index (χ2n) is 4.25. The molecule has 2 unspecified atom stereocenters. The number of hydrogen-bond acceptors (Lipinski definition) is 1. The number of benzene rings is 1. The van der Waals surface area contributed by atoms with Gasteiger partial charge in [0, 0.05) is 11.6 Å². The van der Waals surface area contributed by atoms with E-state index in [0.717, 1.165) is 19.3 Å². The Labute approximate surface area is 102 Å². The molecular weight excluding hydrogens is 276 g/mol. The minimum Gasteiger partial charge on any atom is -0.317 e. The SMILES string of the molecule is CNC1CCC(c2c(F)ccc(Br)c2F)C1. The topological polar surface area (TPSA) is 12.0 Å². The highest BCUT2D eigenvalue weighted by Gasteiger charge is 2.29. The molecule has 1 fully saturated rings. The maximum atomic E-state index is 13.8. The molecule has 1 aromatic carbocycles. The largest absolute Gasteiger partial charge is 0.317 e. The average Bonchev–Trinajstić information content (AvgIpc) is 2.73. The van der Waals surface area contributed by atoms with Crippen LogP contribution >= 0.6 is 15.9 Å². The van der Waals surface area contributed by atoms with Gasteiger partial charge in [0.05, 0.1) is 4.47 Å². The molecule has 1 nitrogen and oxygen atoms in total. The second-order valence-corrected chi connectivity index (χ2v) is 5.11. The van der Waals surface area contributed by atoms with Crippen molar-refractivity contribution in [1.29, 1.82) is 0 Å². The lowest BCUT2D eigenvalue weighted by atomic mass is 9.96. The lowest BCUT2D eigenvalue weighted by Crippen LogP contribution is -2.21. The Kier molecular flexibility index (Phi) is 3.60. The first-order valence-electron chi connectivity index (χ1n) is 5.44. The maximum absolute atomic E-state index is 13.8. The molecule has 0 radical (unpaired) electrons. The molecule has 2 rings (SSSR count). The number of rotatable bonds is 2. The van der Waals surface area contributed by atoms with E-state index in [-0.39, 0.29) is 11.5 Å². The van der Waals surface area contributed by atoms with Gasteiger partial charge in [0.2, 0.25) is 0 Å². The van der Waals surface area contributed by atoms with Crippen LogP contribution in [0, 0.1) is 11.6 Å². The zero-order valence-electron chi connectivity index (χ0n) is 9.06. The first-order chi connectivity index (χ1) is 7.63. The number of halogens is 3. The Balaban J connectivity index is 2.30. The normalized spacial score (nSPS) is 25.0. The Hall–Kier alpha value is -0.480. The quantitative estimate of drug-likeness (QED) is 0.821.